The number of cyclic esters (lactones) is 1. The molecule has 2 aromatic rings. The fourth-order valence-electron chi connectivity index (χ4n) is 4.44. The molecule has 1 aromatic heterocycles. The van der Waals surface area contributed by atoms with Crippen LogP contribution in [0.5, 0.6) is 0 Å². The van der Waals surface area contributed by atoms with Crippen LogP contribution in [-0.4, -0.2) is 43.5 Å². The number of hydrogen-bond donors (Lipinski definition) is 2. The molecule has 2 aliphatic heterocycles. The minimum absolute atomic E-state index is 0. The molecule has 3 aliphatic rings. The smallest absolute Gasteiger partial charge is 0.414 e. The number of amides is 1. The number of carbonyl (C=O) groups excluding carboxylic acids is 1. The largest absolute Gasteiger partial charge is 0.442 e. The number of benzene rings is 1. The van der Waals surface area contributed by atoms with Crippen molar-refractivity contribution in [2.24, 2.45) is 11.8 Å². The van der Waals surface area contributed by atoms with Gasteiger partial charge in [-0.15, -0.1) is 12.4 Å². The number of ether oxygens (including phenoxy) is 1. The van der Waals surface area contributed by atoms with Crippen molar-refractivity contribution >= 4 is 30.0 Å². The molecule has 0 spiro atoms. The first-order valence-electron chi connectivity index (χ1n) is 9.04. The maximum absolute atomic E-state index is 12.2. The van der Waals surface area contributed by atoms with Crippen LogP contribution in [0.4, 0.5) is 16.3 Å². The number of anilines is 2. The summed E-state index contributed by atoms with van der Waals surface area (Å²) >= 11 is 0. The van der Waals surface area contributed by atoms with E-state index >= 15 is 0 Å². The second-order valence-corrected chi connectivity index (χ2v) is 7.24. The fourth-order valence-corrected chi connectivity index (χ4v) is 4.44. The summed E-state index contributed by atoms with van der Waals surface area (Å²) in [6.07, 6.45) is 0.857. The van der Waals surface area contributed by atoms with E-state index < -0.39 is 0 Å². The molecule has 3 fully saturated rings. The number of nitrogens with zero attached hydrogens (tertiary/aromatic N) is 3. The van der Waals surface area contributed by atoms with Crippen molar-refractivity contribution in [3.05, 3.63) is 53.6 Å². The third-order valence-electron chi connectivity index (χ3n) is 5.88. The average molecular weight is 402 g/mol. The topological polar surface area (TPSA) is 84.0 Å². The Hall–Kier alpha value is -2.76. The molecule has 5 rings (SSSR count). The summed E-state index contributed by atoms with van der Waals surface area (Å²) in [7, 11) is 0. The Bertz CT molecular complexity index is 885. The van der Waals surface area contributed by atoms with Gasteiger partial charge in [-0.2, -0.15) is 0 Å². The first kappa shape index (κ1) is 18.6. The normalized spacial score (nSPS) is 30.2. The zero-order valence-electron chi connectivity index (χ0n) is 15.0. The van der Waals surface area contributed by atoms with E-state index in [1.807, 2.05) is 24.3 Å². The number of hydrogen-bond acceptors (Lipinski definition) is 6. The number of fused-ring (bicyclic) bond motifs is 1. The molecule has 0 bridgehead atoms. The molecule has 1 amide bonds. The summed E-state index contributed by atoms with van der Waals surface area (Å²) in [5.41, 5.74) is 1.46. The van der Waals surface area contributed by atoms with Crippen molar-refractivity contribution in [2.75, 3.05) is 36.4 Å². The van der Waals surface area contributed by atoms with Crippen molar-refractivity contribution in [3.63, 3.8) is 0 Å². The SMILES string of the molecule is Cl.[C-]#[N+]C1(c2ccc(N3C[C@H](CNc4ccon4)OC3=O)cc2)[C@@H]2CNC[C@@H]21. The summed E-state index contributed by atoms with van der Waals surface area (Å²) in [5, 5.41) is 10.2. The van der Waals surface area contributed by atoms with Crippen molar-refractivity contribution in [3.8, 4) is 0 Å². The van der Waals surface area contributed by atoms with Crippen molar-refractivity contribution in [1.29, 1.82) is 0 Å². The van der Waals surface area contributed by atoms with Gasteiger partial charge in [0.25, 0.3) is 5.54 Å². The number of aromatic nitrogens is 1. The number of rotatable bonds is 5. The average Bonchev–Trinajstić information content (AvgIpc) is 3.23. The third kappa shape index (κ3) is 2.79. The highest BCUT2D eigenvalue weighted by molar-refractivity contribution is 5.89. The Balaban J connectivity index is 0.00000192. The van der Waals surface area contributed by atoms with Crippen LogP contribution in [0.25, 0.3) is 4.85 Å². The van der Waals surface area contributed by atoms with Gasteiger partial charge < -0.3 is 24.7 Å². The summed E-state index contributed by atoms with van der Waals surface area (Å²) in [4.78, 5) is 17.8. The molecule has 1 saturated carbocycles. The Morgan fingerprint density at radius 1 is 1.29 bits per heavy atom. The molecule has 2 saturated heterocycles. The third-order valence-corrected chi connectivity index (χ3v) is 5.88. The molecule has 1 aromatic carbocycles. The van der Waals surface area contributed by atoms with Gasteiger partial charge in [0, 0.05) is 30.4 Å². The maximum Gasteiger partial charge on any atom is 0.414 e. The van der Waals surface area contributed by atoms with Crippen LogP contribution in [0.1, 0.15) is 5.56 Å². The van der Waals surface area contributed by atoms with Crippen LogP contribution in [-0.2, 0) is 10.3 Å². The Morgan fingerprint density at radius 2 is 2.04 bits per heavy atom. The van der Waals surface area contributed by atoms with E-state index in [1.165, 1.54) is 6.26 Å². The molecule has 2 N–H and O–H groups in total. The van der Waals surface area contributed by atoms with Crippen LogP contribution in [0.3, 0.4) is 0 Å². The second-order valence-electron chi connectivity index (χ2n) is 7.24. The van der Waals surface area contributed by atoms with Crippen LogP contribution in [0, 0.1) is 18.4 Å². The number of piperidine rings is 1. The monoisotopic (exact) mass is 401 g/mol. The lowest BCUT2D eigenvalue weighted by molar-refractivity contribution is 0.147. The van der Waals surface area contributed by atoms with Gasteiger partial charge in [-0.3, -0.25) is 4.90 Å². The fraction of sp³-hybridized carbons (Fsp3) is 0.421. The standard InChI is InChI=1S/C19H19N5O3.ClH/c1-20-19(15-9-21-10-16(15)19)12-2-4-13(5-3-12)24-11-14(27-18(24)25)8-22-17-6-7-26-23-17;/h2-7,14-16,21H,8-11H2,(H,22,23);1H/t14-,15-,16+,19?;/m0./s1. The molecular formula is C19H20ClN5O3. The summed E-state index contributed by atoms with van der Waals surface area (Å²) in [6.45, 7) is 10.4. The van der Waals surface area contributed by atoms with Gasteiger partial charge in [0.15, 0.2) is 5.82 Å². The first-order chi connectivity index (χ1) is 13.2. The number of nitrogens with one attached hydrogen (secondary N) is 2. The predicted molar refractivity (Wildman–Crippen MR) is 104 cm³/mol. The van der Waals surface area contributed by atoms with E-state index in [9.17, 15) is 4.79 Å². The Morgan fingerprint density at radius 3 is 2.68 bits per heavy atom. The number of halogens is 1. The van der Waals surface area contributed by atoms with Gasteiger partial charge >= 0.3 is 6.09 Å². The second kappa shape index (κ2) is 7.00. The highest BCUT2D eigenvalue weighted by Gasteiger charge is 2.75. The predicted octanol–water partition coefficient (Wildman–Crippen LogP) is 2.50. The van der Waals surface area contributed by atoms with E-state index in [0.29, 0.717) is 30.7 Å². The lowest BCUT2D eigenvalue weighted by atomic mass is 10.00. The van der Waals surface area contributed by atoms with Gasteiger partial charge in [-0.25, -0.2) is 11.4 Å². The van der Waals surface area contributed by atoms with E-state index in [4.69, 9.17) is 15.8 Å². The molecule has 1 unspecified atom stereocenters. The number of carbonyl (C=O) groups is 1. The quantitative estimate of drug-likeness (QED) is 0.749. The van der Waals surface area contributed by atoms with Gasteiger partial charge in [-0.1, -0.05) is 5.16 Å². The Kier molecular flexibility index (Phi) is 4.65. The highest BCUT2D eigenvalue weighted by atomic mass is 35.5. The van der Waals surface area contributed by atoms with Gasteiger partial charge in [-0.05, 0) is 24.3 Å². The minimum atomic E-state index is -0.376. The molecule has 8 nitrogen and oxygen atoms in total. The zero-order chi connectivity index (χ0) is 18.4. The minimum Gasteiger partial charge on any atom is -0.442 e. The van der Waals surface area contributed by atoms with Crippen molar-refractivity contribution < 1.29 is 14.1 Å². The molecule has 3 heterocycles. The molecule has 28 heavy (non-hydrogen) atoms. The van der Waals surface area contributed by atoms with E-state index in [1.54, 1.807) is 11.0 Å². The maximum atomic E-state index is 12.2. The van der Waals surface area contributed by atoms with Crippen molar-refractivity contribution in [1.82, 2.24) is 10.5 Å². The summed E-state index contributed by atoms with van der Waals surface area (Å²) < 4.78 is 10.2. The van der Waals surface area contributed by atoms with E-state index in [0.717, 1.165) is 24.3 Å². The van der Waals surface area contributed by atoms with E-state index in [2.05, 4.69) is 20.6 Å². The van der Waals surface area contributed by atoms with Gasteiger partial charge in [0.1, 0.15) is 12.4 Å². The van der Waals surface area contributed by atoms with Crippen LogP contribution in [0.15, 0.2) is 41.1 Å². The molecule has 4 atom stereocenters. The molecule has 9 heteroatoms. The molecular weight excluding hydrogens is 382 g/mol. The van der Waals surface area contributed by atoms with Gasteiger partial charge in [0.2, 0.25) is 0 Å². The zero-order valence-corrected chi connectivity index (χ0v) is 15.8. The molecule has 0 radical (unpaired) electrons. The lowest BCUT2D eigenvalue weighted by Gasteiger charge is -2.15. The van der Waals surface area contributed by atoms with Crippen LogP contribution in [0.2, 0.25) is 0 Å². The molecule has 1 aliphatic carbocycles. The molecule has 146 valence electrons. The Labute approximate surface area is 168 Å². The highest BCUT2D eigenvalue weighted by Crippen LogP contribution is 2.62. The van der Waals surface area contributed by atoms with Crippen molar-refractivity contribution in [2.45, 2.75) is 11.6 Å². The lowest BCUT2D eigenvalue weighted by Crippen LogP contribution is -2.27. The van der Waals surface area contributed by atoms with Crippen LogP contribution >= 0.6 is 12.4 Å². The van der Waals surface area contributed by atoms with Gasteiger partial charge in [0.05, 0.1) is 24.9 Å². The summed E-state index contributed by atoms with van der Waals surface area (Å²) in [6, 6.07) is 9.51. The van der Waals surface area contributed by atoms with E-state index in [-0.39, 0.29) is 30.1 Å². The summed E-state index contributed by atoms with van der Waals surface area (Å²) in [5.74, 6) is 1.43. The first-order valence-corrected chi connectivity index (χ1v) is 9.04. The van der Waals surface area contributed by atoms with Crippen LogP contribution < -0.4 is 15.5 Å².